The zero-order chi connectivity index (χ0) is 18.0. The molecular weight excluding hydrogens is 326 g/mol. The Morgan fingerprint density at radius 1 is 1.32 bits per heavy atom. The van der Waals surface area contributed by atoms with Gasteiger partial charge in [0.05, 0.1) is 13.4 Å². The van der Waals surface area contributed by atoms with E-state index < -0.39 is 29.9 Å². The number of amides is 4. The number of rotatable bonds is 5. The predicted octanol–water partition coefficient (Wildman–Crippen LogP) is 1.69. The zero-order valence-corrected chi connectivity index (χ0v) is 13.7. The molecule has 4 amide bonds. The van der Waals surface area contributed by atoms with Crippen molar-refractivity contribution in [3.05, 3.63) is 48.4 Å². The molecule has 8 nitrogen and oxygen atoms in total. The SMILES string of the molecule is COc1cccc(NC(=O)CN2C(=O)N[C@](C)(c3ccco3)C2=O)c1. The summed E-state index contributed by atoms with van der Waals surface area (Å²) < 4.78 is 10.3. The fraction of sp³-hybridized carbons (Fsp3) is 0.235. The standard InChI is InChI=1S/C17H17N3O5/c1-17(13-7-4-8-25-13)15(22)20(16(23)19-17)10-14(21)18-11-5-3-6-12(9-11)24-2/h3-9H,10H2,1-2H3,(H,18,21)(H,19,23)/t17-/m1/s1. The summed E-state index contributed by atoms with van der Waals surface area (Å²) in [6, 6.07) is 9.34. The molecule has 1 aliphatic rings. The first kappa shape index (κ1) is 16.6. The molecule has 2 heterocycles. The summed E-state index contributed by atoms with van der Waals surface area (Å²) in [4.78, 5) is 37.8. The van der Waals surface area contributed by atoms with Gasteiger partial charge in [-0.3, -0.25) is 14.5 Å². The maximum atomic E-state index is 12.6. The van der Waals surface area contributed by atoms with Gasteiger partial charge in [0, 0.05) is 11.8 Å². The van der Waals surface area contributed by atoms with Crippen LogP contribution in [-0.2, 0) is 15.1 Å². The third kappa shape index (κ3) is 3.06. The van der Waals surface area contributed by atoms with Crippen molar-refractivity contribution in [3.63, 3.8) is 0 Å². The topological polar surface area (TPSA) is 101 Å². The van der Waals surface area contributed by atoms with E-state index in [0.29, 0.717) is 17.2 Å². The minimum atomic E-state index is -1.32. The lowest BCUT2D eigenvalue weighted by Crippen LogP contribution is -2.41. The molecule has 2 aromatic rings. The number of anilines is 1. The Kier molecular flexibility index (Phi) is 4.18. The molecule has 1 aliphatic heterocycles. The number of carbonyl (C=O) groups is 3. The average molecular weight is 343 g/mol. The molecule has 0 spiro atoms. The van der Waals surface area contributed by atoms with Gasteiger partial charge in [-0.15, -0.1) is 0 Å². The first-order valence-electron chi connectivity index (χ1n) is 7.56. The van der Waals surface area contributed by atoms with Crippen LogP contribution < -0.4 is 15.4 Å². The quantitative estimate of drug-likeness (QED) is 0.805. The number of hydrogen-bond donors (Lipinski definition) is 2. The van der Waals surface area contributed by atoms with Crippen LogP contribution in [0, 0.1) is 0 Å². The van der Waals surface area contributed by atoms with E-state index >= 15 is 0 Å². The van der Waals surface area contributed by atoms with Gasteiger partial charge in [0.25, 0.3) is 5.91 Å². The van der Waals surface area contributed by atoms with Gasteiger partial charge in [-0.05, 0) is 31.2 Å². The van der Waals surface area contributed by atoms with E-state index in [9.17, 15) is 14.4 Å². The van der Waals surface area contributed by atoms with Gasteiger partial charge < -0.3 is 19.8 Å². The number of urea groups is 1. The number of nitrogens with zero attached hydrogens (tertiary/aromatic N) is 1. The molecule has 0 saturated carbocycles. The van der Waals surface area contributed by atoms with Crippen molar-refractivity contribution >= 4 is 23.5 Å². The number of benzene rings is 1. The fourth-order valence-electron chi connectivity index (χ4n) is 2.62. The number of ether oxygens (including phenoxy) is 1. The number of methoxy groups -OCH3 is 1. The minimum absolute atomic E-state index is 0.307. The fourth-order valence-corrected chi connectivity index (χ4v) is 2.62. The molecule has 1 saturated heterocycles. The van der Waals surface area contributed by atoms with Crippen molar-refractivity contribution in [3.8, 4) is 5.75 Å². The van der Waals surface area contributed by atoms with Crippen LogP contribution >= 0.6 is 0 Å². The van der Waals surface area contributed by atoms with E-state index in [2.05, 4.69) is 10.6 Å². The molecule has 25 heavy (non-hydrogen) atoms. The van der Waals surface area contributed by atoms with Crippen LogP contribution in [0.25, 0.3) is 0 Å². The Bertz CT molecular complexity index is 817. The molecule has 8 heteroatoms. The highest BCUT2D eigenvalue weighted by Gasteiger charge is 2.51. The Balaban J connectivity index is 1.71. The molecule has 0 bridgehead atoms. The van der Waals surface area contributed by atoms with Crippen molar-refractivity contribution in [2.75, 3.05) is 19.0 Å². The van der Waals surface area contributed by atoms with Gasteiger partial charge in [-0.25, -0.2) is 4.79 Å². The van der Waals surface area contributed by atoms with Crippen molar-refractivity contribution in [1.29, 1.82) is 0 Å². The summed E-state index contributed by atoms with van der Waals surface area (Å²) in [5.41, 5.74) is -0.818. The predicted molar refractivity (Wildman–Crippen MR) is 87.9 cm³/mol. The highest BCUT2D eigenvalue weighted by atomic mass is 16.5. The highest BCUT2D eigenvalue weighted by Crippen LogP contribution is 2.29. The first-order chi connectivity index (χ1) is 11.9. The smallest absolute Gasteiger partial charge is 0.325 e. The van der Waals surface area contributed by atoms with Crippen molar-refractivity contribution in [1.82, 2.24) is 10.2 Å². The Morgan fingerprint density at radius 2 is 2.12 bits per heavy atom. The van der Waals surface area contributed by atoms with Crippen LogP contribution in [0.15, 0.2) is 47.1 Å². The van der Waals surface area contributed by atoms with Crippen LogP contribution in [0.2, 0.25) is 0 Å². The van der Waals surface area contributed by atoms with E-state index in [1.165, 1.54) is 20.3 Å². The molecule has 0 radical (unpaired) electrons. The van der Waals surface area contributed by atoms with E-state index in [4.69, 9.17) is 9.15 Å². The van der Waals surface area contributed by atoms with E-state index in [-0.39, 0.29) is 0 Å². The number of imide groups is 1. The number of hydrogen-bond acceptors (Lipinski definition) is 5. The molecule has 1 aromatic heterocycles. The second-order valence-electron chi connectivity index (χ2n) is 5.70. The van der Waals surface area contributed by atoms with Gasteiger partial charge >= 0.3 is 6.03 Å². The summed E-state index contributed by atoms with van der Waals surface area (Å²) in [6.45, 7) is 1.13. The van der Waals surface area contributed by atoms with Gasteiger partial charge in [0.1, 0.15) is 18.1 Å². The minimum Gasteiger partial charge on any atom is -0.497 e. The molecule has 1 fully saturated rings. The molecule has 1 atom stereocenters. The molecule has 2 N–H and O–H groups in total. The highest BCUT2D eigenvalue weighted by molar-refractivity contribution is 6.10. The van der Waals surface area contributed by atoms with Crippen LogP contribution in [0.1, 0.15) is 12.7 Å². The lowest BCUT2D eigenvalue weighted by molar-refractivity contribution is -0.134. The molecule has 0 unspecified atom stereocenters. The van der Waals surface area contributed by atoms with Crippen molar-refractivity contribution < 1.29 is 23.5 Å². The van der Waals surface area contributed by atoms with E-state index in [1.807, 2.05) is 0 Å². The third-order valence-electron chi connectivity index (χ3n) is 3.94. The third-order valence-corrected chi connectivity index (χ3v) is 3.94. The van der Waals surface area contributed by atoms with Gasteiger partial charge in [0.2, 0.25) is 5.91 Å². The maximum absolute atomic E-state index is 12.6. The van der Waals surface area contributed by atoms with Gasteiger partial charge in [-0.2, -0.15) is 0 Å². The molecule has 130 valence electrons. The molecule has 3 rings (SSSR count). The van der Waals surface area contributed by atoms with Gasteiger partial charge in [-0.1, -0.05) is 6.07 Å². The summed E-state index contributed by atoms with van der Waals surface area (Å²) >= 11 is 0. The van der Waals surface area contributed by atoms with E-state index in [1.54, 1.807) is 36.4 Å². The van der Waals surface area contributed by atoms with Crippen molar-refractivity contribution in [2.45, 2.75) is 12.5 Å². The molecular formula is C17H17N3O5. The van der Waals surface area contributed by atoms with Gasteiger partial charge in [0.15, 0.2) is 5.54 Å². The zero-order valence-electron chi connectivity index (χ0n) is 13.7. The Morgan fingerprint density at radius 3 is 2.80 bits per heavy atom. The average Bonchev–Trinajstić information content (AvgIpc) is 3.20. The summed E-state index contributed by atoms with van der Waals surface area (Å²) in [6.07, 6.45) is 1.41. The van der Waals surface area contributed by atoms with Crippen LogP contribution in [0.5, 0.6) is 5.75 Å². The largest absolute Gasteiger partial charge is 0.497 e. The second-order valence-corrected chi connectivity index (χ2v) is 5.70. The molecule has 0 aliphatic carbocycles. The monoisotopic (exact) mass is 343 g/mol. The first-order valence-corrected chi connectivity index (χ1v) is 7.56. The lowest BCUT2D eigenvalue weighted by Gasteiger charge is -2.18. The van der Waals surface area contributed by atoms with Crippen LogP contribution in [0.4, 0.5) is 10.5 Å². The summed E-state index contributed by atoms with van der Waals surface area (Å²) in [5, 5.41) is 5.19. The lowest BCUT2D eigenvalue weighted by atomic mass is 9.99. The summed E-state index contributed by atoms with van der Waals surface area (Å²) in [5.74, 6) is -0.159. The Labute approximate surface area is 143 Å². The second kappa shape index (κ2) is 6.31. The molecule has 1 aromatic carbocycles. The number of nitrogens with one attached hydrogen (secondary N) is 2. The summed E-state index contributed by atoms with van der Waals surface area (Å²) in [7, 11) is 1.52. The normalized spacial score (nSPS) is 19.7. The van der Waals surface area contributed by atoms with E-state index in [0.717, 1.165) is 4.90 Å². The number of furan rings is 1. The Hall–Kier alpha value is -3.29. The number of carbonyl (C=O) groups excluding carboxylic acids is 3. The maximum Gasteiger partial charge on any atom is 0.325 e. The van der Waals surface area contributed by atoms with Crippen LogP contribution in [0.3, 0.4) is 0 Å². The van der Waals surface area contributed by atoms with Crippen molar-refractivity contribution in [2.24, 2.45) is 0 Å². The van der Waals surface area contributed by atoms with Crippen LogP contribution in [-0.4, -0.2) is 36.4 Å².